The van der Waals surface area contributed by atoms with Gasteiger partial charge in [0, 0.05) is 16.3 Å². The minimum absolute atomic E-state index is 0.0319. The van der Waals surface area contributed by atoms with Crippen molar-refractivity contribution in [2.24, 2.45) is 0 Å². The third kappa shape index (κ3) is 2.98. The van der Waals surface area contributed by atoms with Gasteiger partial charge in [-0.2, -0.15) is 5.26 Å². The number of thioether (sulfide) groups is 1. The lowest BCUT2D eigenvalue weighted by Gasteiger charge is -2.14. The van der Waals surface area contributed by atoms with Gasteiger partial charge in [0.05, 0.1) is 5.69 Å². The van der Waals surface area contributed by atoms with Gasteiger partial charge in [0.2, 0.25) is 0 Å². The highest BCUT2D eigenvalue weighted by atomic mass is 35.5. The van der Waals surface area contributed by atoms with Crippen LogP contribution in [0.25, 0.3) is 0 Å². The van der Waals surface area contributed by atoms with Crippen molar-refractivity contribution >= 4 is 34.9 Å². The van der Waals surface area contributed by atoms with Crippen LogP contribution in [-0.4, -0.2) is 4.98 Å². The Hall–Kier alpha value is -1.90. The maximum Gasteiger partial charge on any atom is 0.126 e. The van der Waals surface area contributed by atoms with Crippen LogP contribution in [0.1, 0.15) is 23.3 Å². The van der Waals surface area contributed by atoms with E-state index >= 15 is 0 Å². The van der Waals surface area contributed by atoms with Gasteiger partial charge in [0.25, 0.3) is 0 Å². The highest BCUT2D eigenvalue weighted by Crippen LogP contribution is 2.39. The van der Waals surface area contributed by atoms with E-state index in [4.69, 9.17) is 23.1 Å². The first-order valence-corrected chi connectivity index (χ1v) is 7.16. The zero-order valence-corrected chi connectivity index (χ0v) is 12.4. The second-order valence-electron chi connectivity index (χ2n) is 4.21. The van der Waals surface area contributed by atoms with E-state index in [1.165, 1.54) is 17.8 Å². The number of hydrogen-bond donors (Lipinski definition) is 2. The fourth-order valence-corrected chi connectivity index (χ4v) is 3.26. The van der Waals surface area contributed by atoms with Crippen molar-refractivity contribution in [3.8, 4) is 6.07 Å². The molecule has 4 nitrogen and oxygen atoms in total. The van der Waals surface area contributed by atoms with Crippen molar-refractivity contribution in [2.75, 3.05) is 11.5 Å². The average molecular weight is 305 g/mol. The summed E-state index contributed by atoms with van der Waals surface area (Å²) in [4.78, 5) is 4.20. The Kier molecular flexibility index (Phi) is 4.38. The number of aromatic nitrogens is 1. The van der Waals surface area contributed by atoms with E-state index in [0.29, 0.717) is 27.1 Å². The molecule has 0 saturated carbocycles. The number of nitrogens with two attached hydrogens (primary N) is 2. The predicted molar refractivity (Wildman–Crippen MR) is 83.5 cm³/mol. The molecule has 1 atom stereocenters. The lowest BCUT2D eigenvalue weighted by atomic mass is 10.2. The first kappa shape index (κ1) is 14.5. The standard InChI is InChI=1S/C14H13ClN4S/c1-8(9-4-2-3-5-11(9)15)20-14-10(7-16)12(17)6-13(18)19-14/h2-6,8H,1H3,(H4,17,18,19)/t8-/m1/s1. The molecule has 1 aromatic carbocycles. The molecule has 4 N–H and O–H groups in total. The summed E-state index contributed by atoms with van der Waals surface area (Å²) in [6.45, 7) is 1.99. The van der Waals surface area contributed by atoms with Gasteiger partial charge in [-0.3, -0.25) is 0 Å². The Morgan fingerprint density at radius 3 is 2.70 bits per heavy atom. The minimum Gasteiger partial charge on any atom is -0.397 e. The summed E-state index contributed by atoms with van der Waals surface area (Å²) in [5.41, 5.74) is 13.2. The largest absolute Gasteiger partial charge is 0.397 e. The molecule has 0 aliphatic heterocycles. The summed E-state index contributed by atoms with van der Waals surface area (Å²) < 4.78 is 0. The number of pyridine rings is 1. The number of hydrogen-bond acceptors (Lipinski definition) is 5. The second kappa shape index (κ2) is 6.04. The van der Waals surface area contributed by atoms with Gasteiger partial charge in [0.1, 0.15) is 22.5 Å². The molecule has 0 fully saturated rings. The lowest BCUT2D eigenvalue weighted by Crippen LogP contribution is -2.01. The fraction of sp³-hybridized carbons (Fsp3) is 0.143. The van der Waals surface area contributed by atoms with E-state index < -0.39 is 0 Å². The Labute approximate surface area is 126 Å². The minimum atomic E-state index is 0.0319. The van der Waals surface area contributed by atoms with E-state index in [9.17, 15) is 5.26 Å². The molecule has 0 amide bonds. The van der Waals surface area contributed by atoms with Crippen molar-refractivity contribution < 1.29 is 0 Å². The van der Waals surface area contributed by atoms with Crippen LogP contribution in [0.4, 0.5) is 11.5 Å². The van der Waals surface area contributed by atoms with Gasteiger partial charge >= 0.3 is 0 Å². The number of benzene rings is 1. The van der Waals surface area contributed by atoms with Crippen LogP contribution in [0.3, 0.4) is 0 Å². The predicted octanol–water partition coefficient (Wildman–Crippen LogP) is 3.62. The number of nitriles is 1. The number of anilines is 2. The van der Waals surface area contributed by atoms with Crippen LogP contribution in [0.5, 0.6) is 0 Å². The van der Waals surface area contributed by atoms with Crippen LogP contribution < -0.4 is 11.5 Å². The third-order valence-electron chi connectivity index (χ3n) is 2.78. The first-order chi connectivity index (χ1) is 9.52. The van der Waals surface area contributed by atoms with Crippen LogP contribution in [-0.2, 0) is 0 Å². The molecule has 0 saturated heterocycles. The summed E-state index contributed by atoms with van der Waals surface area (Å²) in [6.07, 6.45) is 0. The van der Waals surface area contributed by atoms with Crippen molar-refractivity contribution in [1.82, 2.24) is 4.98 Å². The number of halogens is 1. The molecule has 2 aromatic rings. The SMILES string of the molecule is C[C@@H](Sc1nc(N)cc(N)c1C#N)c1ccccc1Cl. The quantitative estimate of drug-likeness (QED) is 0.845. The molecule has 0 aliphatic rings. The number of nitrogen functional groups attached to an aromatic ring is 2. The molecule has 2 rings (SSSR count). The topological polar surface area (TPSA) is 88.7 Å². The molecule has 0 aliphatic carbocycles. The zero-order chi connectivity index (χ0) is 14.7. The summed E-state index contributed by atoms with van der Waals surface area (Å²) >= 11 is 7.59. The normalized spacial score (nSPS) is 11.8. The van der Waals surface area contributed by atoms with Gasteiger partial charge in [-0.25, -0.2) is 4.98 Å². The molecule has 6 heteroatoms. The highest BCUT2D eigenvalue weighted by Gasteiger charge is 2.16. The Balaban J connectivity index is 2.36. The molecule has 0 bridgehead atoms. The van der Waals surface area contributed by atoms with E-state index in [-0.39, 0.29) is 5.25 Å². The van der Waals surface area contributed by atoms with Crippen LogP contribution >= 0.6 is 23.4 Å². The van der Waals surface area contributed by atoms with Crippen molar-refractivity contribution in [3.63, 3.8) is 0 Å². The maximum absolute atomic E-state index is 9.18. The number of rotatable bonds is 3. The van der Waals surface area contributed by atoms with Gasteiger partial charge in [-0.1, -0.05) is 41.6 Å². The van der Waals surface area contributed by atoms with Crippen LogP contribution in [0.15, 0.2) is 35.4 Å². The summed E-state index contributed by atoms with van der Waals surface area (Å²) in [6, 6.07) is 11.1. The summed E-state index contributed by atoms with van der Waals surface area (Å²) in [5.74, 6) is 0.301. The Morgan fingerprint density at radius 1 is 1.35 bits per heavy atom. The average Bonchev–Trinajstić information content (AvgIpc) is 2.38. The second-order valence-corrected chi connectivity index (χ2v) is 5.95. The first-order valence-electron chi connectivity index (χ1n) is 5.90. The van der Waals surface area contributed by atoms with E-state index in [1.807, 2.05) is 31.2 Å². The van der Waals surface area contributed by atoms with Crippen molar-refractivity contribution in [3.05, 3.63) is 46.5 Å². The molecule has 0 unspecified atom stereocenters. The number of nitrogens with zero attached hydrogens (tertiary/aromatic N) is 2. The smallest absolute Gasteiger partial charge is 0.126 e. The third-order valence-corrected chi connectivity index (χ3v) is 4.25. The Morgan fingerprint density at radius 2 is 2.05 bits per heavy atom. The van der Waals surface area contributed by atoms with Gasteiger partial charge in [-0.05, 0) is 18.6 Å². The molecule has 0 spiro atoms. The van der Waals surface area contributed by atoms with E-state index in [2.05, 4.69) is 11.1 Å². The van der Waals surface area contributed by atoms with E-state index in [0.717, 1.165) is 5.56 Å². The van der Waals surface area contributed by atoms with Gasteiger partial charge in [-0.15, -0.1) is 0 Å². The van der Waals surface area contributed by atoms with Crippen molar-refractivity contribution in [1.29, 1.82) is 5.26 Å². The summed E-state index contributed by atoms with van der Waals surface area (Å²) in [5, 5.41) is 10.4. The molecule has 102 valence electrons. The fourth-order valence-electron chi connectivity index (χ4n) is 1.79. The van der Waals surface area contributed by atoms with Gasteiger partial charge < -0.3 is 11.5 Å². The highest BCUT2D eigenvalue weighted by molar-refractivity contribution is 7.99. The van der Waals surface area contributed by atoms with Crippen LogP contribution in [0.2, 0.25) is 5.02 Å². The van der Waals surface area contributed by atoms with Crippen LogP contribution in [0, 0.1) is 11.3 Å². The summed E-state index contributed by atoms with van der Waals surface area (Å²) in [7, 11) is 0. The Bertz CT molecular complexity index is 681. The molecule has 1 heterocycles. The molecular formula is C14H13ClN4S. The molecule has 20 heavy (non-hydrogen) atoms. The molecular weight excluding hydrogens is 292 g/mol. The van der Waals surface area contributed by atoms with Crippen molar-refractivity contribution in [2.45, 2.75) is 17.2 Å². The van der Waals surface area contributed by atoms with E-state index in [1.54, 1.807) is 0 Å². The molecule has 1 aromatic heterocycles. The molecule has 0 radical (unpaired) electrons. The zero-order valence-electron chi connectivity index (χ0n) is 10.8. The monoisotopic (exact) mass is 304 g/mol. The van der Waals surface area contributed by atoms with Gasteiger partial charge in [0.15, 0.2) is 0 Å². The lowest BCUT2D eigenvalue weighted by molar-refractivity contribution is 1.06. The maximum atomic E-state index is 9.18.